The van der Waals surface area contributed by atoms with Gasteiger partial charge in [0.05, 0.1) is 23.1 Å². The molecule has 0 aliphatic rings. The van der Waals surface area contributed by atoms with Crippen LogP contribution >= 0.6 is 0 Å². The highest BCUT2D eigenvalue weighted by atomic mass is 32.2. The minimum Gasteiger partial charge on any atom is -0.491 e. The Morgan fingerprint density at radius 3 is 2.40 bits per heavy atom. The standard InChI is InChI=1S/C14H23NO4S/c1-10(2)19-13-7-6-12(8-11(13)3)20(17,18)15-14(4,5)9-16/h6-8,10,15-16H,9H2,1-5H3. The average molecular weight is 301 g/mol. The van der Waals surface area contributed by atoms with Gasteiger partial charge in [0.15, 0.2) is 0 Å². The van der Waals surface area contributed by atoms with Crippen molar-refractivity contribution >= 4 is 10.0 Å². The van der Waals surface area contributed by atoms with Crippen LogP contribution in [-0.2, 0) is 10.0 Å². The van der Waals surface area contributed by atoms with Gasteiger partial charge in [-0.25, -0.2) is 13.1 Å². The molecule has 2 N–H and O–H groups in total. The fourth-order valence-electron chi connectivity index (χ4n) is 1.63. The smallest absolute Gasteiger partial charge is 0.241 e. The Morgan fingerprint density at radius 1 is 1.35 bits per heavy atom. The summed E-state index contributed by atoms with van der Waals surface area (Å²) in [6.07, 6.45) is 0.0302. The van der Waals surface area contributed by atoms with Crippen LogP contribution in [0.3, 0.4) is 0 Å². The normalized spacial score (nSPS) is 12.8. The molecule has 0 heterocycles. The summed E-state index contributed by atoms with van der Waals surface area (Å²) in [5, 5.41) is 9.16. The van der Waals surface area contributed by atoms with Crippen LogP contribution in [0.25, 0.3) is 0 Å². The van der Waals surface area contributed by atoms with Crippen LogP contribution in [0, 0.1) is 6.92 Å². The first-order chi connectivity index (χ1) is 9.07. The van der Waals surface area contributed by atoms with Crippen molar-refractivity contribution in [3.05, 3.63) is 23.8 Å². The summed E-state index contributed by atoms with van der Waals surface area (Å²) in [7, 11) is -3.66. The molecule has 0 bridgehead atoms. The molecule has 1 aromatic rings. The summed E-state index contributed by atoms with van der Waals surface area (Å²) in [5.74, 6) is 0.667. The molecule has 20 heavy (non-hydrogen) atoms. The molecular weight excluding hydrogens is 278 g/mol. The van der Waals surface area contributed by atoms with Crippen LogP contribution in [0.5, 0.6) is 5.75 Å². The average Bonchev–Trinajstić information content (AvgIpc) is 2.30. The maximum absolute atomic E-state index is 12.2. The summed E-state index contributed by atoms with van der Waals surface area (Å²) >= 11 is 0. The van der Waals surface area contributed by atoms with Gasteiger partial charge in [0.2, 0.25) is 10.0 Å². The molecule has 1 rings (SSSR count). The number of aryl methyl sites for hydroxylation is 1. The van der Waals surface area contributed by atoms with Gasteiger partial charge < -0.3 is 9.84 Å². The maximum Gasteiger partial charge on any atom is 0.241 e. The second-order valence-electron chi connectivity index (χ2n) is 5.74. The van der Waals surface area contributed by atoms with Crippen molar-refractivity contribution in [3.8, 4) is 5.75 Å². The maximum atomic E-state index is 12.2. The second-order valence-corrected chi connectivity index (χ2v) is 7.42. The van der Waals surface area contributed by atoms with Crippen LogP contribution in [0.2, 0.25) is 0 Å². The lowest BCUT2D eigenvalue weighted by molar-refractivity contribution is 0.208. The lowest BCUT2D eigenvalue weighted by Crippen LogP contribution is -2.46. The van der Waals surface area contributed by atoms with Crippen LogP contribution in [-0.4, -0.2) is 31.8 Å². The van der Waals surface area contributed by atoms with Crippen molar-refractivity contribution in [2.45, 2.75) is 51.2 Å². The van der Waals surface area contributed by atoms with E-state index < -0.39 is 15.6 Å². The molecule has 5 nitrogen and oxygen atoms in total. The Kier molecular flexibility index (Phi) is 5.18. The Morgan fingerprint density at radius 2 is 1.95 bits per heavy atom. The highest BCUT2D eigenvalue weighted by molar-refractivity contribution is 7.89. The Hall–Kier alpha value is -1.11. The summed E-state index contributed by atoms with van der Waals surface area (Å²) in [4.78, 5) is 0.160. The van der Waals surface area contributed by atoms with E-state index in [-0.39, 0.29) is 17.6 Å². The Balaban J connectivity index is 3.06. The van der Waals surface area contributed by atoms with E-state index >= 15 is 0 Å². The predicted octanol–water partition coefficient (Wildman–Crippen LogP) is 1.83. The quantitative estimate of drug-likeness (QED) is 0.840. The summed E-state index contributed by atoms with van der Waals surface area (Å²) < 4.78 is 32.5. The van der Waals surface area contributed by atoms with E-state index in [2.05, 4.69) is 4.72 Å². The van der Waals surface area contributed by atoms with E-state index in [9.17, 15) is 8.42 Å². The fraction of sp³-hybridized carbons (Fsp3) is 0.571. The van der Waals surface area contributed by atoms with E-state index in [1.165, 1.54) is 6.07 Å². The minimum absolute atomic E-state index is 0.0302. The van der Waals surface area contributed by atoms with E-state index in [0.717, 1.165) is 5.56 Å². The molecule has 0 fully saturated rings. The predicted molar refractivity (Wildman–Crippen MR) is 78.4 cm³/mol. The molecule has 0 aromatic heterocycles. The Labute approximate surface area is 121 Å². The zero-order valence-corrected chi connectivity index (χ0v) is 13.4. The highest BCUT2D eigenvalue weighted by Gasteiger charge is 2.25. The third-order valence-corrected chi connectivity index (χ3v) is 4.32. The first kappa shape index (κ1) is 16.9. The van der Waals surface area contributed by atoms with Gasteiger partial charge in [0, 0.05) is 0 Å². The van der Waals surface area contributed by atoms with Crippen molar-refractivity contribution < 1.29 is 18.3 Å². The lowest BCUT2D eigenvalue weighted by Gasteiger charge is -2.23. The molecule has 1 aromatic carbocycles. The van der Waals surface area contributed by atoms with Gasteiger partial charge in [0.25, 0.3) is 0 Å². The molecule has 0 saturated heterocycles. The number of nitrogens with one attached hydrogen (secondary N) is 1. The van der Waals surface area contributed by atoms with Crippen molar-refractivity contribution in [2.75, 3.05) is 6.61 Å². The van der Waals surface area contributed by atoms with Crippen molar-refractivity contribution in [3.63, 3.8) is 0 Å². The highest BCUT2D eigenvalue weighted by Crippen LogP contribution is 2.23. The number of rotatable bonds is 6. The number of sulfonamides is 1. The van der Waals surface area contributed by atoms with E-state index in [4.69, 9.17) is 9.84 Å². The molecule has 0 saturated carbocycles. The number of benzene rings is 1. The van der Waals surface area contributed by atoms with Gasteiger partial charge in [-0.3, -0.25) is 0 Å². The van der Waals surface area contributed by atoms with Crippen LogP contribution < -0.4 is 9.46 Å². The zero-order chi connectivity index (χ0) is 15.6. The van der Waals surface area contributed by atoms with Crippen molar-refractivity contribution in [2.24, 2.45) is 0 Å². The van der Waals surface area contributed by atoms with Gasteiger partial charge in [-0.2, -0.15) is 0 Å². The molecule has 0 unspecified atom stereocenters. The second kappa shape index (κ2) is 6.11. The van der Waals surface area contributed by atoms with Gasteiger partial charge in [-0.15, -0.1) is 0 Å². The monoisotopic (exact) mass is 301 g/mol. The molecule has 0 aliphatic carbocycles. The third kappa shape index (κ3) is 4.47. The molecule has 0 spiro atoms. The zero-order valence-electron chi connectivity index (χ0n) is 12.6. The molecule has 0 atom stereocenters. The summed E-state index contributed by atoms with van der Waals surface area (Å²) in [5.41, 5.74) is -0.150. The lowest BCUT2D eigenvalue weighted by atomic mass is 10.1. The van der Waals surface area contributed by atoms with E-state index in [0.29, 0.717) is 5.75 Å². The molecule has 0 radical (unpaired) electrons. The van der Waals surface area contributed by atoms with Gasteiger partial charge in [-0.05, 0) is 58.4 Å². The fourth-order valence-corrected chi connectivity index (χ4v) is 3.12. The van der Waals surface area contributed by atoms with Gasteiger partial charge >= 0.3 is 0 Å². The summed E-state index contributed by atoms with van der Waals surface area (Å²) in [6, 6.07) is 4.71. The Bertz CT molecular complexity index is 565. The minimum atomic E-state index is -3.66. The van der Waals surface area contributed by atoms with E-state index in [1.807, 2.05) is 13.8 Å². The molecule has 114 valence electrons. The van der Waals surface area contributed by atoms with E-state index in [1.54, 1.807) is 32.9 Å². The summed E-state index contributed by atoms with van der Waals surface area (Å²) in [6.45, 7) is 8.58. The first-order valence-electron chi connectivity index (χ1n) is 6.49. The van der Waals surface area contributed by atoms with Crippen molar-refractivity contribution in [1.82, 2.24) is 4.72 Å². The number of aliphatic hydroxyl groups is 1. The topological polar surface area (TPSA) is 75.6 Å². The largest absolute Gasteiger partial charge is 0.491 e. The molecular formula is C14H23NO4S. The van der Waals surface area contributed by atoms with Gasteiger partial charge in [-0.1, -0.05) is 0 Å². The van der Waals surface area contributed by atoms with Crippen LogP contribution in [0.15, 0.2) is 23.1 Å². The number of hydrogen-bond acceptors (Lipinski definition) is 4. The van der Waals surface area contributed by atoms with Gasteiger partial charge in [0.1, 0.15) is 5.75 Å². The SMILES string of the molecule is Cc1cc(S(=O)(=O)NC(C)(C)CO)ccc1OC(C)C. The third-order valence-electron chi connectivity index (χ3n) is 2.63. The molecule has 6 heteroatoms. The van der Waals surface area contributed by atoms with Crippen molar-refractivity contribution in [1.29, 1.82) is 0 Å². The molecule has 0 aliphatic heterocycles. The van der Waals surface area contributed by atoms with Crippen LogP contribution in [0.4, 0.5) is 0 Å². The number of hydrogen-bond donors (Lipinski definition) is 2. The number of aliphatic hydroxyl groups excluding tert-OH is 1. The van der Waals surface area contributed by atoms with Crippen LogP contribution in [0.1, 0.15) is 33.3 Å². The first-order valence-corrected chi connectivity index (χ1v) is 7.98. The number of ether oxygens (including phenoxy) is 1. The molecule has 0 amide bonds.